The average molecular weight is 203 g/mol. The topological polar surface area (TPSA) is 21.3 Å². The summed E-state index contributed by atoms with van der Waals surface area (Å²) >= 11 is 2.02. The summed E-state index contributed by atoms with van der Waals surface area (Å²) < 4.78 is 5.32. The van der Waals surface area contributed by atoms with Gasteiger partial charge in [-0.15, -0.1) is 0 Å². The Morgan fingerprint density at radius 1 is 1.62 bits per heavy atom. The van der Waals surface area contributed by atoms with Gasteiger partial charge in [0.1, 0.15) is 0 Å². The zero-order valence-electron chi connectivity index (χ0n) is 8.71. The van der Waals surface area contributed by atoms with Crippen LogP contribution in [0.1, 0.15) is 26.7 Å². The SMILES string of the molecule is CCSCCC(C)NC1CCOC1. The summed E-state index contributed by atoms with van der Waals surface area (Å²) in [5, 5.41) is 3.60. The highest BCUT2D eigenvalue weighted by Gasteiger charge is 2.16. The molecule has 0 radical (unpaired) electrons. The lowest BCUT2D eigenvalue weighted by Crippen LogP contribution is -2.37. The second-order valence-electron chi connectivity index (χ2n) is 3.61. The summed E-state index contributed by atoms with van der Waals surface area (Å²) in [6.45, 7) is 6.33. The van der Waals surface area contributed by atoms with Crippen molar-refractivity contribution in [3.05, 3.63) is 0 Å². The normalized spacial score (nSPS) is 24.9. The largest absolute Gasteiger partial charge is 0.380 e. The lowest BCUT2D eigenvalue weighted by Gasteiger charge is -2.17. The Morgan fingerprint density at radius 3 is 3.08 bits per heavy atom. The molecular weight excluding hydrogens is 182 g/mol. The van der Waals surface area contributed by atoms with Crippen molar-refractivity contribution >= 4 is 11.8 Å². The molecule has 1 aliphatic rings. The Morgan fingerprint density at radius 2 is 2.46 bits per heavy atom. The first-order valence-electron chi connectivity index (χ1n) is 5.24. The third-order valence-electron chi connectivity index (χ3n) is 2.35. The smallest absolute Gasteiger partial charge is 0.0620 e. The summed E-state index contributed by atoms with van der Waals surface area (Å²) in [5.41, 5.74) is 0. The minimum Gasteiger partial charge on any atom is -0.380 e. The molecule has 0 amide bonds. The van der Waals surface area contributed by atoms with Crippen molar-refractivity contribution in [1.29, 1.82) is 0 Å². The zero-order valence-corrected chi connectivity index (χ0v) is 9.53. The molecule has 78 valence electrons. The Balaban J connectivity index is 1.99. The molecule has 0 spiro atoms. The Hall–Kier alpha value is 0.270. The Kier molecular flexibility index (Phi) is 5.83. The van der Waals surface area contributed by atoms with Crippen molar-refractivity contribution in [3.8, 4) is 0 Å². The Labute approximate surface area is 85.8 Å². The van der Waals surface area contributed by atoms with Crippen LogP contribution in [0, 0.1) is 0 Å². The van der Waals surface area contributed by atoms with Crippen molar-refractivity contribution < 1.29 is 4.74 Å². The highest BCUT2D eigenvalue weighted by Crippen LogP contribution is 2.08. The molecule has 3 heteroatoms. The van der Waals surface area contributed by atoms with Gasteiger partial charge in [0.05, 0.1) is 6.61 Å². The molecule has 1 N–H and O–H groups in total. The summed E-state index contributed by atoms with van der Waals surface area (Å²) in [6.07, 6.45) is 2.46. The van der Waals surface area contributed by atoms with Gasteiger partial charge in [-0.1, -0.05) is 6.92 Å². The van der Waals surface area contributed by atoms with E-state index in [4.69, 9.17) is 4.74 Å². The van der Waals surface area contributed by atoms with Crippen molar-refractivity contribution in [3.63, 3.8) is 0 Å². The minimum absolute atomic E-state index is 0.613. The number of nitrogens with one attached hydrogen (secondary N) is 1. The van der Waals surface area contributed by atoms with Crippen LogP contribution >= 0.6 is 11.8 Å². The third-order valence-corrected chi connectivity index (χ3v) is 3.28. The molecule has 1 heterocycles. The molecular formula is C10H21NOS. The maximum Gasteiger partial charge on any atom is 0.0620 e. The van der Waals surface area contributed by atoms with Crippen LogP contribution in [0.15, 0.2) is 0 Å². The van der Waals surface area contributed by atoms with Gasteiger partial charge >= 0.3 is 0 Å². The molecule has 1 fully saturated rings. The van der Waals surface area contributed by atoms with Gasteiger partial charge < -0.3 is 10.1 Å². The first-order chi connectivity index (χ1) is 6.33. The van der Waals surface area contributed by atoms with Crippen molar-refractivity contribution in [2.75, 3.05) is 24.7 Å². The van der Waals surface area contributed by atoms with Crippen LogP contribution in [-0.2, 0) is 4.74 Å². The fraction of sp³-hybridized carbons (Fsp3) is 1.00. The van der Waals surface area contributed by atoms with Gasteiger partial charge in [-0.25, -0.2) is 0 Å². The molecule has 2 nitrogen and oxygen atoms in total. The van der Waals surface area contributed by atoms with E-state index in [2.05, 4.69) is 19.2 Å². The van der Waals surface area contributed by atoms with Gasteiger partial charge in [0.2, 0.25) is 0 Å². The van der Waals surface area contributed by atoms with Crippen molar-refractivity contribution in [1.82, 2.24) is 5.32 Å². The van der Waals surface area contributed by atoms with E-state index < -0.39 is 0 Å². The van der Waals surface area contributed by atoms with Crippen LogP contribution < -0.4 is 5.32 Å². The predicted octanol–water partition coefficient (Wildman–Crippen LogP) is 1.90. The molecule has 1 rings (SSSR count). The summed E-state index contributed by atoms with van der Waals surface area (Å²) in [7, 11) is 0. The van der Waals surface area contributed by atoms with E-state index in [1.54, 1.807) is 0 Å². The molecule has 1 aliphatic heterocycles. The summed E-state index contributed by atoms with van der Waals surface area (Å²) in [4.78, 5) is 0. The lowest BCUT2D eigenvalue weighted by molar-refractivity contribution is 0.188. The maximum absolute atomic E-state index is 5.32. The van der Waals surface area contributed by atoms with Gasteiger partial charge in [0.25, 0.3) is 0 Å². The Bertz CT molecular complexity index is 126. The fourth-order valence-electron chi connectivity index (χ4n) is 1.56. The highest BCUT2D eigenvalue weighted by molar-refractivity contribution is 7.99. The highest BCUT2D eigenvalue weighted by atomic mass is 32.2. The average Bonchev–Trinajstić information content (AvgIpc) is 2.57. The molecule has 1 saturated heterocycles. The fourth-order valence-corrected chi connectivity index (χ4v) is 2.37. The second-order valence-corrected chi connectivity index (χ2v) is 5.01. The predicted molar refractivity (Wildman–Crippen MR) is 59.4 cm³/mol. The van der Waals surface area contributed by atoms with Crippen molar-refractivity contribution in [2.24, 2.45) is 0 Å². The standard InChI is InChI=1S/C10H21NOS/c1-3-13-7-5-9(2)11-10-4-6-12-8-10/h9-11H,3-8H2,1-2H3. The molecule has 2 atom stereocenters. The molecule has 13 heavy (non-hydrogen) atoms. The molecule has 0 aromatic heterocycles. The van der Waals surface area contributed by atoms with E-state index in [9.17, 15) is 0 Å². The van der Waals surface area contributed by atoms with E-state index in [1.807, 2.05) is 11.8 Å². The molecule has 0 aliphatic carbocycles. The lowest BCUT2D eigenvalue weighted by atomic mass is 10.2. The molecule has 0 aromatic rings. The first kappa shape index (κ1) is 11.3. The van der Waals surface area contributed by atoms with Crippen LogP contribution in [0.2, 0.25) is 0 Å². The second kappa shape index (κ2) is 6.68. The van der Waals surface area contributed by atoms with Crippen LogP contribution in [0.4, 0.5) is 0 Å². The van der Waals surface area contributed by atoms with E-state index in [-0.39, 0.29) is 0 Å². The number of hydrogen-bond donors (Lipinski definition) is 1. The molecule has 0 saturated carbocycles. The quantitative estimate of drug-likeness (QED) is 0.666. The van der Waals surface area contributed by atoms with E-state index in [0.717, 1.165) is 13.2 Å². The minimum atomic E-state index is 0.613. The monoisotopic (exact) mass is 203 g/mol. The first-order valence-corrected chi connectivity index (χ1v) is 6.40. The van der Waals surface area contributed by atoms with Crippen LogP contribution in [-0.4, -0.2) is 36.8 Å². The third kappa shape index (κ3) is 4.89. The van der Waals surface area contributed by atoms with Gasteiger partial charge in [-0.05, 0) is 31.3 Å². The summed E-state index contributed by atoms with van der Waals surface area (Å²) in [5.74, 6) is 2.51. The van der Waals surface area contributed by atoms with Gasteiger partial charge in [0, 0.05) is 18.7 Å². The van der Waals surface area contributed by atoms with Crippen LogP contribution in [0.3, 0.4) is 0 Å². The van der Waals surface area contributed by atoms with Gasteiger partial charge in [-0.2, -0.15) is 11.8 Å². The summed E-state index contributed by atoms with van der Waals surface area (Å²) in [6, 6.07) is 1.26. The van der Waals surface area contributed by atoms with Crippen LogP contribution in [0.5, 0.6) is 0 Å². The zero-order chi connectivity index (χ0) is 9.52. The number of ether oxygens (including phenoxy) is 1. The van der Waals surface area contributed by atoms with E-state index in [1.165, 1.54) is 24.3 Å². The molecule has 0 aromatic carbocycles. The van der Waals surface area contributed by atoms with Gasteiger partial charge in [-0.3, -0.25) is 0 Å². The van der Waals surface area contributed by atoms with Crippen molar-refractivity contribution in [2.45, 2.75) is 38.8 Å². The number of rotatable bonds is 6. The van der Waals surface area contributed by atoms with E-state index in [0.29, 0.717) is 12.1 Å². The van der Waals surface area contributed by atoms with Crippen LogP contribution in [0.25, 0.3) is 0 Å². The molecule has 0 bridgehead atoms. The van der Waals surface area contributed by atoms with Gasteiger partial charge in [0.15, 0.2) is 0 Å². The number of hydrogen-bond acceptors (Lipinski definition) is 3. The maximum atomic E-state index is 5.32. The number of thioether (sulfide) groups is 1. The molecule has 2 unspecified atom stereocenters. The van der Waals surface area contributed by atoms with E-state index >= 15 is 0 Å².